The summed E-state index contributed by atoms with van der Waals surface area (Å²) in [7, 11) is 0. The van der Waals surface area contributed by atoms with Gasteiger partial charge in [0, 0.05) is 32.4 Å². The first kappa shape index (κ1) is 17.2. The first-order chi connectivity index (χ1) is 11.1. The van der Waals surface area contributed by atoms with Crippen molar-refractivity contribution in [3.05, 3.63) is 41.7 Å². The minimum absolute atomic E-state index is 0.0940. The van der Waals surface area contributed by atoms with Crippen molar-refractivity contribution in [2.75, 3.05) is 13.1 Å². The SMILES string of the molecule is CC(=O)N(CC(=O)NCCC1=CCCCC1)Cc1ccncc1. The van der Waals surface area contributed by atoms with Gasteiger partial charge in [0.15, 0.2) is 0 Å². The lowest BCUT2D eigenvalue weighted by Gasteiger charge is -2.21. The van der Waals surface area contributed by atoms with Crippen LogP contribution in [-0.2, 0) is 16.1 Å². The minimum Gasteiger partial charge on any atom is -0.354 e. The molecule has 0 aromatic carbocycles. The van der Waals surface area contributed by atoms with Crippen LogP contribution in [0, 0.1) is 0 Å². The van der Waals surface area contributed by atoms with E-state index < -0.39 is 0 Å². The normalized spacial score (nSPS) is 14.0. The molecule has 1 aromatic rings. The number of nitrogens with zero attached hydrogens (tertiary/aromatic N) is 2. The predicted octanol–water partition coefficient (Wildman–Crippen LogP) is 2.44. The second-order valence-corrected chi connectivity index (χ2v) is 5.94. The number of pyridine rings is 1. The zero-order valence-electron chi connectivity index (χ0n) is 13.8. The molecule has 5 nitrogen and oxygen atoms in total. The van der Waals surface area contributed by atoms with E-state index in [-0.39, 0.29) is 18.4 Å². The molecule has 1 aliphatic rings. The Hall–Kier alpha value is -2.17. The standard InChI is InChI=1S/C18H25N3O2/c1-15(22)21(13-17-7-10-19-11-8-17)14-18(23)20-12-9-16-5-3-2-4-6-16/h5,7-8,10-11H,2-4,6,9,12-14H2,1H3,(H,20,23). The lowest BCUT2D eigenvalue weighted by Crippen LogP contribution is -2.39. The summed E-state index contributed by atoms with van der Waals surface area (Å²) in [5.41, 5.74) is 2.41. The summed E-state index contributed by atoms with van der Waals surface area (Å²) in [6.45, 7) is 2.65. The quantitative estimate of drug-likeness (QED) is 0.786. The summed E-state index contributed by atoms with van der Waals surface area (Å²) in [6, 6.07) is 3.70. The van der Waals surface area contributed by atoms with Gasteiger partial charge in [0.1, 0.15) is 0 Å². The Kier molecular flexibility index (Phi) is 6.78. The molecule has 2 amide bonds. The lowest BCUT2D eigenvalue weighted by molar-refractivity contribution is -0.134. The average Bonchev–Trinajstić information content (AvgIpc) is 2.56. The van der Waals surface area contributed by atoms with E-state index in [1.54, 1.807) is 17.3 Å². The number of allylic oxidation sites excluding steroid dienone is 1. The molecule has 0 saturated heterocycles. The van der Waals surface area contributed by atoms with E-state index in [1.165, 1.54) is 25.3 Å². The summed E-state index contributed by atoms with van der Waals surface area (Å²) in [6.07, 6.45) is 11.4. The summed E-state index contributed by atoms with van der Waals surface area (Å²) in [4.78, 5) is 29.3. The number of aromatic nitrogens is 1. The molecule has 0 bridgehead atoms. The van der Waals surface area contributed by atoms with E-state index in [2.05, 4.69) is 16.4 Å². The molecule has 0 spiro atoms. The number of hydrogen-bond donors (Lipinski definition) is 1. The maximum atomic E-state index is 12.1. The van der Waals surface area contributed by atoms with Crippen LogP contribution >= 0.6 is 0 Å². The Labute approximate surface area is 137 Å². The average molecular weight is 315 g/mol. The van der Waals surface area contributed by atoms with Crippen molar-refractivity contribution in [1.82, 2.24) is 15.2 Å². The molecule has 1 heterocycles. The fraction of sp³-hybridized carbons (Fsp3) is 0.500. The van der Waals surface area contributed by atoms with Gasteiger partial charge >= 0.3 is 0 Å². The van der Waals surface area contributed by atoms with Gasteiger partial charge in [-0.25, -0.2) is 0 Å². The molecule has 0 atom stereocenters. The van der Waals surface area contributed by atoms with Gasteiger partial charge in [-0.2, -0.15) is 0 Å². The molecule has 1 aliphatic carbocycles. The van der Waals surface area contributed by atoms with Crippen molar-refractivity contribution in [1.29, 1.82) is 0 Å². The molecule has 0 aliphatic heterocycles. The molecule has 2 rings (SSSR count). The van der Waals surface area contributed by atoms with E-state index in [0.29, 0.717) is 13.1 Å². The van der Waals surface area contributed by atoms with Gasteiger partial charge in [-0.05, 0) is 49.8 Å². The summed E-state index contributed by atoms with van der Waals surface area (Å²) < 4.78 is 0. The molecule has 23 heavy (non-hydrogen) atoms. The van der Waals surface area contributed by atoms with E-state index in [4.69, 9.17) is 0 Å². The molecule has 124 valence electrons. The van der Waals surface area contributed by atoms with Crippen molar-refractivity contribution in [3.8, 4) is 0 Å². The van der Waals surface area contributed by atoms with Gasteiger partial charge in [0.25, 0.3) is 0 Å². The van der Waals surface area contributed by atoms with Crippen molar-refractivity contribution in [2.24, 2.45) is 0 Å². The van der Waals surface area contributed by atoms with Crippen molar-refractivity contribution >= 4 is 11.8 Å². The van der Waals surface area contributed by atoms with Crippen LogP contribution in [0.25, 0.3) is 0 Å². The monoisotopic (exact) mass is 315 g/mol. The van der Waals surface area contributed by atoms with Crippen LogP contribution in [0.4, 0.5) is 0 Å². The highest BCUT2D eigenvalue weighted by Crippen LogP contribution is 2.19. The van der Waals surface area contributed by atoms with Gasteiger partial charge < -0.3 is 10.2 Å². The first-order valence-corrected chi connectivity index (χ1v) is 8.24. The topological polar surface area (TPSA) is 62.3 Å². The van der Waals surface area contributed by atoms with Gasteiger partial charge in [-0.1, -0.05) is 11.6 Å². The fourth-order valence-corrected chi connectivity index (χ4v) is 2.71. The summed E-state index contributed by atoms with van der Waals surface area (Å²) in [5.74, 6) is -0.211. The van der Waals surface area contributed by atoms with Crippen LogP contribution in [0.15, 0.2) is 36.2 Å². The van der Waals surface area contributed by atoms with Crippen LogP contribution in [0.3, 0.4) is 0 Å². The molecule has 0 radical (unpaired) electrons. The van der Waals surface area contributed by atoms with E-state index in [9.17, 15) is 9.59 Å². The molecule has 0 unspecified atom stereocenters. The van der Waals surface area contributed by atoms with E-state index in [0.717, 1.165) is 24.8 Å². The largest absolute Gasteiger partial charge is 0.354 e. The number of carbonyl (C=O) groups is 2. The van der Waals surface area contributed by atoms with Crippen molar-refractivity contribution in [2.45, 2.75) is 45.6 Å². The van der Waals surface area contributed by atoms with E-state index >= 15 is 0 Å². The van der Waals surface area contributed by atoms with Crippen LogP contribution < -0.4 is 5.32 Å². The van der Waals surface area contributed by atoms with Crippen LogP contribution in [0.2, 0.25) is 0 Å². The second-order valence-electron chi connectivity index (χ2n) is 5.94. The minimum atomic E-state index is -0.106. The maximum absolute atomic E-state index is 12.1. The van der Waals surface area contributed by atoms with Crippen LogP contribution in [-0.4, -0.2) is 34.8 Å². The molecule has 1 N–H and O–H groups in total. The third kappa shape index (κ3) is 6.22. The number of nitrogens with one attached hydrogen (secondary N) is 1. The third-order valence-corrected chi connectivity index (χ3v) is 4.06. The fourth-order valence-electron chi connectivity index (χ4n) is 2.71. The maximum Gasteiger partial charge on any atom is 0.239 e. The molecule has 0 fully saturated rings. The van der Waals surface area contributed by atoms with Crippen LogP contribution in [0.5, 0.6) is 0 Å². The number of amides is 2. The molecular formula is C18H25N3O2. The van der Waals surface area contributed by atoms with Crippen LogP contribution in [0.1, 0.15) is 44.6 Å². The first-order valence-electron chi connectivity index (χ1n) is 8.24. The Morgan fingerprint density at radius 2 is 2.04 bits per heavy atom. The Morgan fingerprint density at radius 1 is 1.26 bits per heavy atom. The summed E-state index contributed by atoms with van der Waals surface area (Å²) >= 11 is 0. The highest BCUT2D eigenvalue weighted by Gasteiger charge is 2.14. The number of hydrogen-bond acceptors (Lipinski definition) is 3. The van der Waals surface area contributed by atoms with Gasteiger partial charge in [0.05, 0.1) is 6.54 Å². The molecular weight excluding hydrogens is 290 g/mol. The summed E-state index contributed by atoms with van der Waals surface area (Å²) in [5, 5.41) is 2.92. The molecule has 1 aromatic heterocycles. The third-order valence-electron chi connectivity index (χ3n) is 4.06. The van der Waals surface area contributed by atoms with Crippen molar-refractivity contribution in [3.63, 3.8) is 0 Å². The second kappa shape index (κ2) is 9.08. The Morgan fingerprint density at radius 3 is 2.70 bits per heavy atom. The predicted molar refractivity (Wildman–Crippen MR) is 89.5 cm³/mol. The number of carbonyl (C=O) groups excluding carboxylic acids is 2. The Bertz CT molecular complexity index is 555. The van der Waals surface area contributed by atoms with Gasteiger partial charge in [-0.3, -0.25) is 14.6 Å². The molecule has 0 saturated carbocycles. The van der Waals surface area contributed by atoms with Gasteiger partial charge in [-0.15, -0.1) is 0 Å². The van der Waals surface area contributed by atoms with Gasteiger partial charge in [0.2, 0.25) is 11.8 Å². The Balaban J connectivity index is 1.76. The van der Waals surface area contributed by atoms with E-state index in [1.807, 2.05) is 12.1 Å². The zero-order valence-corrected chi connectivity index (χ0v) is 13.8. The molecule has 5 heteroatoms. The number of rotatable bonds is 7. The highest BCUT2D eigenvalue weighted by atomic mass is 16.2. The van der Waals surface area contributed by atoms with Crippen molar-refractivity contribution < 1.29 is 9.59 Å². The highest BCUT2D eigenvalue weighted by molar-refractivity contribution is 5.83. The zero-order chi connectivity index (χ0) is 16.5. The lowest BCUT2D eigenvalue weighted by atomic mass is 9.97. The smallest absolute Gasteiger partial charge is 0.239 e.